The molecule has 0 aliphatic rings. The van der Waals surface area contributed by atoms with Crippen LogP contribution in [0.25, 0.3) is 72.4 Å². The van der Waals surface area contributed by atoms with Crippen LogP contribution < -0.4 is 4.40 Å². The Hall–Kier alpha value is -5.07. The quantitative estimate of drug-likeness (QED) is 0.113. The van der Waals surface area contributed by atoms with Crippen LogP contribution in [0, 0.1) is 17.5 Å². The van der Waals surface area contributed by atoms with Gasteiger partial charge < -0.3 is 8.98 Å². The maximum atomic E-state index is 6.47. The van der Waals surface area contributed by atoms with Crippen molar-refractivity contribution in [1.82, 2.24) is 14.5 Å². The number of pyridine rings is 1. The Morgan fingerprint density at radius 2 is 1.35 bits per heavy atom. The number of fused-ring (bicyclic) bond motifs is 4. The van der Waals surface area contributed by atoms with E-state index in [1.54, 1.807) is 0 Å². The number of benzene rings is 6. The van der Waals surface area contributed by atoms with E-state index < -0.39 is 13.3 Å². The van der Waals surface area contributed by atoms with Gasteiger partial charge in [0.15, 0.2) is 0 Å². The van der Waals surface area contributed by atoms with Crippen molar-refractivity contribution >= 4 is 50.6 Å². The van der Waals surface area contributed by atoms with E-state index in [1.807, 2.05) is 36.4 Å². The van der Waals surface area contributed by atoms with Gasteiger partial charge in [-0.2, -0.15) is 0 Å². The Balaban J connectivity index is 0.000000223. The number of hydrogen-bond donors (Lipinski definition) is 0. The first-order valence-corrected chi connectivity index (χ1v) is 29.0. The van der Waals surface area contributed by atoms with Crippen LogP contribution in [-0.2, 0) is 26.5 Å². The van der Waals surface area contributed by atoms with Crippen LogP contribution in [0.1, 0.15) is 77.0 Å². The van der Waals surface area contributed by atoms with Crippen molar-refractivity contribution in [3.63, 3.8) is 0 Å². The fourth-order valence-corrected chi connectivity index (χ4v) is 11.8. The molecule has 9 aromatic rings. The second-order valence-corrected chi connectivity index (χ2v) is 29.7. The maximum absolute atomic E-state index is 6.47. The van der Waals surface area contributed by atoms with Gasteiger partial charge in [-0.3, -0.25) is 4.98 Å². The minimum atomic E-state index is -1.90. The van der Waals surface area contributed by atoms with E-state index in [0.717, 1.165) is 62.0 Å². The van der Waals surface area contributed by atoms with E-state index in [9.17, 15) is 0 Å². The predicted octanol–water partition coefficient (Wildman–Crippen LogP) is 15.0. The third-order valence-electron chi connectivity index (χ3n) is 11.4. The molecule has 0 fully saturated rings. The standard InChI is InChI=1S/C37H31N2O.C19H26GeN.Ir/c1-23(2)30-21-26(25-13-6-5-7-14-25)22-31(24(3)4)35(30)39-33-19-10-9-18-32(33)38-37(39)29-17-12-16-28-27-15-8-11-20-34(27)40-36(28)29;1-19(2,3)13-16-12-18(15-10-8-7-9-11-15)21-14-17(16)20(4,5)6;/h5-16,18-24H,1-4H3;7-10,12,14H,13H2,1-6H3;/q2*-1;. The van der Waals surface area contributed by atoms with Crippen molar-refractivity contribution in [1.29, 1.82) is 0 Å². The average molecular weight is 1050 g/mol. The zero-order valence-electron chi connectivity index (χ0n) is 37.7. The summed E-state index contributed by atoms with van der Waals surface area (Å²) in [5.74, 6) is 8.78. The Morgan fingerprint density at radius 1 is 0.694 bits per heavy atom. The molecule has 0 aliphatic carbocycles. The summed E-state index contributed by atoms with van der Waals surface area (Å²) in [6, 6.07) is 53.3. The molecular weight excluding hydrogens is 995 g/mol. The molecule has 62 heavy (non-hydrogen) atoms. The molecule has 317 valence electrons. The summed E-state index contributed by atoms with van der Waals surface area (Å²) in [6.07, 6.45) is 3.24. The predicted molar refractivity (Wildman–Crippen MR) is 261 cm³/mol. The number of aromatic nitrogens is 3. The fraction of sp³-hybridized carbons (Fsp3) is 0.250. The van der Waals surface area contributed by atoms with E-state index >= 15 is 0 Å². The van der Waals surface area contributed by atoms with Crippen molar-refractivity contribution in [3.8, 4) is 39.5 Å². The Morgan fingerprint density at radius 3 is 2.02 bits per heavy atom. The molecule has 0 amide bonds. The van der Waals surface area contributed by atoms with E-state index in [4.69, 9.17) is 14.4 Å². The van der Waals surface area contributed by atoms with E-state index in [1.165, 1.54) is 37.9 Å². The average Bonchev–Trinajstić information content (AvgIpc) is 3.82. The van der Waals surface area contributed by atoms with E-state index in [2.05, 4.69) is 186 Å². The zero-order valence-corrected chi connectivity index (χ0v) is 42.2. The molecule has 1 radical (unpaired) electrons. The van der Waals surface area contributed by atoms with Gasteiger partial charge in [-0.15, -0.1) is 18.2 Å². The molecule has 6 aromatic carbocycles. The second-order valence-electron chi connectivity index (χ2n) is 19.1. The van der Waals surface area contributed by atoms with Gasteiger partial charge in [0.1, 0.15) is 5.58 Å². The third-order valence-corrected chi connectivity index (χ3v) is 15.7. The van der Waals surface area contributed by atoms with Gasteiger partial charge in [-0.25, -0.2) is 0 Å². The first-order chi connectivity index (χ1) is 29.2. The van der Waals surface area contributed by atoms with Crippen molar-refractivity contribution in [2.45, 2.75) is 84.0 Å². The summed E-state index contributed by atoms with van der Waals surface area (Å²) >= 11 is -1.90. The molecule has 0 saturated carbocycles. The van der Waals surface area contributed by atoms with Crippen LogP contribution >= 0.6 is 0 Å². The molecule has 0 N–H and O–H groups in total. The molecule has 3 aromatic heterocycles. The Bertz CT molecular complexity index is 2940. The van der Waals surface area contributed by atoms with E-state index in [0.29, 0.717) is 17.3 Å². The van der Waals surface area contributed by atoms with Crippen molar-refractivity contribution in [2.24, 2.45) is 5.41 Å². The normalized spacial score (nSPS) is 11.9. The van der Waals surface area contributed by atoms with E-state index in [-0.39, 0.29) is 20.1 Å². The monoisotopic (exact) mass is 1050 g/mol. The van der Waals surface area contributed by atoms with Crippen LogP contribution in [0.2, 0.25) is 17.3 Å². The van der Waals surface area contributed by atoms with Crippen LogP contribution in [0.4, 0.5) is 0 Å². The van der Waals surface area contributed by atoms with Crippen LogP contribution in [-0.4, -0.2) is 27.8 Å². The molecule has 0 saturated heterocycles. The molecular formula is C56H57GeIrN3O-2. The second kappa shape index (κ2) is 18.3. The van der Waals surface area contributed by atoms with Crippen molar-refractivity contribution in [3.05, 3.63) is 168 Å². The van der Waals surface area contributed by atoms with Crippen molar-refractivity contribution < 1.29 is 24.5 Å². The van der Waals surface area contributed by atoms with Gasteiger partial charge in [0.25, 0.3) is 0 Å². The minimum Gasteiger partial charge on any atom is -0.501 e. The molecule has 9 rings (SSSR count). The SMILES string of the molecule is CC(C)(C)Cc1cc(-c2[c-]cccc2)nc[c]1[Ge]([CH3])([CH3])[CH3].CC(C)c1cc(-c2ccccc2)cc(C(C)C)c1-n1c(-c2[c-]ccc3c2oc2ccccc23)nc2ccccc21.[Ir]. The van der Waals surface area contributed by atoms with Gasteiger partial charge >= 0.3 is 132 Å². The van der Waals surface area contributed by atoms with Gasteiger partial charge in [0.2, 0.25) is 0 Å². The molecule has 3 heterocycles. The number of imidazole rings is 1. The van der Waals surface area contributed by atoms with Gasteiger partial charge in [-0.1, -0.05) is 99.3 Å². The number of furan rings is 1. The molecule has 6 heteroatoms. The molecule has 0 bridgehead atoms. The largest absolute Gasteiger partial charge is 0.501 e. The van der Waals surface area contributed by atoms with Crippen LogP contribution in [0.5, 0.6) is 0 Å². The molecule has 0 unspecified atom stereocenters. The summed E-state index contributed by atoms with van der Waals surface area (Å²) in [5, 5.41) is 2.18. The van der Waals surface area contributed by atoms with Gasteiger partial charge in [-0.05, 0) is 64.4 Å². The first kappa shape index (κ1) is 45.0. The number of hydrogen-bond acceptors (Lipinski definition) is 3. The fourth-order valence-electron chi connectivity index (χ4n) is 8.48. The summed E-state index contributed by atoms with van der Waals surface area (Å²) < 4.78 is 10.4. The molecule has 0 spiro atoms. The molecule has 0 aliphatic heterocycles. The van der Waals surface area contributed by atoms with Gasteiger partial charge in [0.05, 0.1) is 22.4 Å². The topological polar surface area (TPSA) is 43.9 Å². The maximum Gasteiger partial charge on any atom is 0.120 e. The third kappa shape index (κ3) is 9.32. The summed E-state index contributed by atoms with van der Waals surface area (Å²) in [4.78, 5) is 9.95. The van der Waals surface area contributed by atoms with Crippen LogP contribution in [0.3, 0.4) is 0 Å². The smallest absolute Gasteiger partial charge is 0.120 e. The minimum absolute atomic E-state index is 0. The molecule has 4 nitrogen and oxygen atoms in total. The summed E-state index contributed by atoms with van der Waals surface area (Å²) in [7, 11) is 0. The summed E-state index contributed by atoms with van der Waals surface area (Å²) in [6.45, 7) is 16.0. The Labute approximate surface area is 384 Å². The number of nitrogens with zero attached hydrogens (tertiary/aromatic N) is 3. The van der Waals surface area contributed by atoms with Crippen molar-refractivity contribution in [2.75, 3.05) is 0 Å². The first-order valence-electron chi connectivity index (χ1n) is 21.7. The zero-order chi connectivity index (χ0) is 43.1. The summed E-state index contributed by atoms with van der Waals surface area (Å²) in [5.41, 5.74) is 14.8. The number of rotatable bonds is 8. The van der Waals surface area contributed by atoms with Crippen LogP contribution in [0.15, 0.2) is 144 Å². The van der Waals surface area contributed by atoms with Gasteiger partial charge in [0, 0.05) is 31.2 Å². The Kier molecular flexibility index (Phi) is 13.3. The number of para-hydroxylation sites is 3. The molecule has 0 atom stereocenters.